The quantitative estimate of drug-likeness (QED) is 0.837. The summed E-state index contributed by atoms with van der Waals surface area (Å²) < 4.78 is 12.5. The van der Waals surface area contributed by atoms with Crippen molar-refractivity contribution >= 4 is 16.6 Å². The minimum Gasteiger partial charge on any atom is -0.300 e. The van der Waals surface area contributed by atoms with Crippen molar-refractivity contribution in [3.8, 4) is 0 Å². The molecule has 20 heavy (non-hydrogen) atoms. The molecule has 1 saturated carbocycles. The molecule has 1 aromatic carbocycles. The molecule has 1 aliphatic rings. The van der Waals surface area contributed by atoms with E-state index in [2.05, 4.69) is 19.9 Å². The van der Waals surface area contributed by atoms with Crippen molar-refractivity contribution in [2.24, 2.45) is 11.3 Å². The van der Waals surface area contributed by atoms with Gasteiger partial charge in [0.2, 0.25) is 0 Å². The van der Waals surface area contributed by atoms with Crippen LogP contribution in [-0.4, -0.2) is 9.99 Å². The van der Waals surface area contributed by atoms with E-state index in [1.165, 1.54) is 0 Å². The summed E-state index contributed by atoms with van der Waals surface area (Å²) in [5.74, 6) is 0.732. The fourth-order valence-electron chi connectivity index (χ4n) is 2.87. The molecule has 0 heterocycles. The molecule has 0 aromatic heterocycles. The Morgan fingerprint density at radius 2 is 1.95 bits per heavy atom. The molecule has 1 unspecified atom stereocenters. The lowest BCUT2D eigenvalue weighted by molar-refractivity contribution is -0.117. The predicted molar refractivity (Wildman–Crippen MR) is 82.7 cm³/mol. The minimum absolute atomic E-state index is 0.0827. The van der Waals surface area contributed by atoms with Gasteiger partial charge in [-0.3, -0.25) is 4.79 Å². The van der Waals surface area contributed by atoms with Gasteiger partial charge < -0.3 is 0 Å². The van der Waals surface area contributed by atoms with Crippen LogP contribution in [0.15, 0.2) is 46.2 Å². The van der Waals surface area contributed by atoms with Gasteiger partial charge in [0.05, 0.1) is 10.8 Å². The lowest BCUT2D eigenvalue weighted by atomic mass is 9.77. The Labute approximate surface area is 123 Å². The van der Waals surface area contributed by atoms with Crippen molar-refractivity contribution in [1.29, 1.82) is 0 Å². The molecule has 1 aromatic rings. The van der Waals surface area contributed by atoms with Gasteiger partial charge in [-0.05, 0) is 36.8 Å². The zero-order valence-electron chi connectivity index (χ0n) is 12.4. The van der Waals surface area contributed by atoms with Gasteiger partial charge in [-0.2, -0.15) is 0 Å². The molecular formula is C17H22O2S. The van der Waals surface area contributed by atoms with E-state index in [9.17, 15) is 9.00 Å². The number of ketones is 1. The highest BCUT2D eigenvalue weighted by Crippen LogP contribution is 2.40. The first-order valence-electron chi connectivity index (χ1n) is 7.08. The Kier molecular flexibility index (Phi) is 4.59. The molecule has 0 aliphatic heterocycles. The Morgan fingerprint density at radius 3 is 2.50 bits per heavy atom. The SMILES string of the molecule is C/C(=C\C(C)(C)[C@H]1CCC(=O)C1)S(=O)c1ccccc1. The molecule has 1 fully saturated rings. The van der Waals surface area contributed by atoms with Crippen LogP contribution in [0.2, 0.25) is 0 Å². The summed E-state index contributed by atoms with van der Waals surface area (Å²) >= 11 is 0. The second-order valence-electron chi connectivity index (χ2n) is 6.14. The maximum Gasteiger partial charge on any atom is 0.133 e. The lowest BCUT2D eigenvalue weighted by Gasteiger charge is -2.28. The summed E-state index contributed by atoms with van der Waals surface area (Å²) in [4.78, 5) is 13.2. The maximum atomic E-state index is 12.5. The molecule has 2 atom stereocenters. The van der Waals surface area contributed by atoms with Crippen LogP contribution in [0.4, 0.5) is 0 Å². The number of carbonyl (C=O) groups is 1. The normalized spacial score (nSPS) is 22.1. The summed E-state index contributed by atoms with van der Waals surface area (Å²) in [6, 6.07) is 9.51. The molecule has 0 radical (unpaired) electrons. The van der Waals surface area contributed by atoms with Crippen molar-refractivity contribution in [3.05, 3.63) is 41.3 Å². The Balaban J connectivity index is 2.17. The summed E-state index contributed by atoms with van der Waals surface area (Å²) in [7, 11) is -1.11. The second-order valence-corrected chi connectivity index (χ2v) is 7.79. The molecule has 0 spiro atoms. The number of allylic oxidation sites excluding steroid dienone is 2. The monoisotopic (exact) mass is 290 g/mol. The number of hydrogen-bond acceptors (Lipinski definition) is 2. The standard InChI is InChI=1S/C17H22O2S/c1-13(20(19)16-7-5-4-6-8-16)12-17(2,3)14-9-10-15(18)11-14/h4-8,12,14H,9-11H2,1-3H3/b13-12+/t14-,20?/m0/s1. The van der Waals surface area contributed by atoms with Crippen LogP contribution in [0.5, 0.6) is 0 Å². The number of carbonyl (C=O) groups excluding carboxylic acids is 1. The average molecular weight is 290 g/mol. The summed E-state index contributed by atoms with van der Waals surface area (Å²) in [5, 5.41) is 0. The Morgan fingerprint density at radius 1 is 1.30 bits per heavy atom. The van der Waals surface area contributed by atoms with E-state index in [1.54, 1.807) is 0 Å². The van der Waals surface area contributed by atoms with Crippen molar-refractivity contribution in [2.75, 3.05) is 0 Å². The van der Waals surface area contributed by atoms with Crippen LogP contribution in [0.3, 0.4) is 0 Å². The van der Waals surface area contributed by atoms with Crippen molar-refractivity contribution in [1.82, 2.24) is 0 Å². The molecule has 2 nitrogen and oxygen atoms in total. The number of benzene rings is 1. The van der Waals surface area contributed by atoms with Gasteiger partial charge in [0.1, 0.15) is 5.78 Å². The molecule has 108 valence electrons. The molecule has 1 aliphatic carbocycles. The van der Waals surface area contributed by atoms with Crippen LogP contribution >= 0.6 is 0 Å². The van der Waals surface area contributed by atoms with E-state index >= 15 is 0 Å². The second kappa shape index (κ2) is 6.04. The van der Waals surface area contributed by atoms with Gasteiger partial charge in [-0.15, -0.1) is 0 Å². The van der Waals surface area contributed by atoms with E-state index in [0.29, 0.717) is 24.5 Å². The van der Waals surface area contributed by atoms with Crippen molar-refractivity contribution < 1.29 is 9.00 Å². The van der Waals surface area contributed by atoms with E-state index in [-0.39, 0.29) is 5.41 Å². The largest absolute Gasteiger partial charge is 0.300 e. The van der Waals surface area contributed by atoms with Crippen LogP contribution in [0, 0.1) is 11.3 Å². The van der Waals surface area contributed by atoms with Gasteiger partial charge in [-0.1, -0.05) is 38.1 Å². The van der Waals surface area contributed by atoms with Crippen LogP contribution < -0.4 is 0 Å². The zero-order chi connectivity index (χ0) is 14.8. The smallest absolute Gasteiger partial charge is 0.133 e. The molecule has 0 amide bonds. The summed E-state index contributed by atoms with van der Waals surface area (Å²) in [5.41, 5.74) is -0.0827. The van der Waals surface area contributed by atoms with E-state index < -0.39 is 10.8 Å². The molecule has 0 N–H and O–H groups in total. The first kappa shape index (κ1) is 15.2. The van der Waals surface area contributed by atoms with Crippen LogP contribution in [-0.2, 0) is 15.6 Å². The topological polar surface area (TPSA) is 34.1 Å². The number of rotatable bonds is 4. The van der Waals surface area contributed by atoms with E-state index in [4.69, 9.17) is 0 Å². The van der Waals surface area contributed by atoms with Crippen molar-refractivity contribution in [3.63, 3.8) is 0 Å². The van der Waals surface area contributed by atoms with E-state index in [1.807, 2.05) is 37.3 Å². The van der Waals surface area contributed by atoms with Gasteiger partial charge in [0.15, 0.2) is 0 Å². The van der Waals surface area contributed by atoms with Gasteiger partial charge in [-0.25, -0.2) is 4.21 Å². The highest BCUT2D eigenvalue weighted by molar-refractivity contribution is 7.89. The van der Waals surface area contributed by atoms with Gasteiger partial charge >= 0.3 is 0 Å². The third-order valence-corrected chi connectivity index (χ3v) is 5.53. The summed E-state index contributed by atoms with van der Waals surface area (Å²) in [6.07, 6.45) is 4.41. The lowest BCUT2D eigenvalue weighted by Crippen LogP contribution is -2.20. The number of Topliss-reactive ketones (excluding diaryl/α,β-unsaturated/α-hetero) is 1. The third kappa shape index (κ3) is 3.45. The number of hydrogen-bond donors (Lipinski definition) is 0. The minimum atomic E-state index is -1.11. The fourth-order valence-corrected chi connectivity index (χ4v) is 4.06. The molecule has 0 bridgehead atoms. The molecule has 2 rings (SSSR count). The molecule has 3 heteroatoms. The van der Waals surface area contributed by atoms with Gasteiger partial charge in [0.25, 0.3) is 0 Å². The van der Waals surface area contributed by atoms with E-state index in [0.717, 1.165) is 16.2 Å². The third-order valence-electron chi connectivity index (χ3n) is 4.12. The molecule has 0 saturated heterocycles. The molecular weight excluding hydrogens is 268 g/mol. The predicted octanol–water partition coefficient (Wildman–Crippen LogP) is 4.09. The fraction of sp³-hybridized carbons (Fsp3) is 0.471. The maximum absolute atomic E-state index is 12.5. The van der Waals surface area contributed by atoms with Crippen LogP contribution in [0.25, 0.3) is 0 Å². The van der Waals surface area contributed by atoms with Crippen LogP contribution in [0.1, 0.15) is 40.0 Å². The Bertz CT molecular complexity index is 543. The first-order chi connectivity index (χ1) is 9.40. The zero-order valence-corrected chi connectivity index (χ0v) is 13.2. The highest BCUT2D eigenvalue weighted by atomic mass is 32.2. The first-order valence-corrected chi connectivity index (χ1v) is 8.23. The highest BCUT2D eigenvalue weighted by Gasteiger charge is 2.34. The van der Waals surface area contributed by atoms with Gasteiger partial charge in [0, 0.05) is 22.6 Å². The summed E-state index contributed by atoms with van der Waals surface area (Å²) in [6.45, 7) is 6.20. The van der Waals surface area contributed by atoms with Crippen molar-refractivity contribution in [2.45, 2.75) is 44.9 Å². The average Bonchev–Trinajstić information content (AvgIpc) is 2.86. The Hall–Kier alpha value is -1.22.